The van der Waals surface area contributed by atoms with Crippen molar-refractivity contribution in [3.05, 3.63) is 41.3 Å². The van der Waals surface area contributed by atoms with Crippen LogP contribution in [-0.2, 0) is 6.18 Å². The summed E-state index contributed by atoms with van der Waals surface area (Å²) in [5.74, 6) is 0.0429. The van der Waals surface area contributed by atoms with E-state index in [0.29, 0.717) is 15.1 Å². The molecule has 0 aliphatic heterocycles. The lowest BCUT2D eigenvalue weighted by atomic mass is 10.2. The van der Waals surface area contributed by atoms with Crippen molar-refractivity contribution in [3.8, 4) is 5.88 Å². The number of halogens is 3. The van der Waals surface area contributed by atoms with E-state index in [1.165, 1.54) is 29.5 Å². The summed E-state index contributed by atoms with van der Waals surface area (Å²) in [6.45, 7) is 0. The summed E-state index contributed by atoms with van der Waals surface area (Å²) in [7, 11) is 0. The maximum Gasteiger partial charge on any atom is 0.417 e. The molecule has 0 aliphatic carbocycles. The normalized spacial score (nSPS) is 11.8. The first-order chi connectivity index (χ1) is 10.9. The van der Waals surface area contributed by atoms with Crippen LogP contribution in [0.5, 0.6) is 5.88 Å². The van der Waals surface area contributed by atoms with Crippen LogP contribution in [0.15, 0.2) is 45.5 Å². The third-order valence-corrected chi connectivity index (χ3v) is 5.16. The van der Waals surface area contributed by atoms with Crippen molar-refractivity contribution >= 4 is 39.4 Å². The molecule has 9 heteroatoms. The summed E-state index contributed by atoms with van der Waals surface area (Å²) < 4.78 is 44.9. The van der Waals surface area contributed by atoms with E-state index in [-0.39, 0.29) is 10.8 Å². The van der Waals surface area contributed by atoms with Gasteiger partial charge in [-0.1, -0.05) is 23.9 Å². The first-order valence-electron chi connectivity index (χ1n) is 6.27. The number of ether oxygens (including phenoxy) is 1. The number of H-pyrrole nitrogens is 1. The third-order valence-electron chi connectivity index (χ3n) is 2.93. The van der Waals surface area contributed by atoms with Gasteiger partial charge in [0.2, 0.25) is 5.88 Å². The van der Waals surface area contributed by atoms with Gasteiger partial charge < -0.3 is 15.5 Å². The lowest BCUT2D eigenvalue weighted by Crippen LogP contribution is -2.16. The lowest BCUT2D eigenvalue weighted by molar-refractivity contribution is -0.139. The van der Waals surface area contributed by atoms with Crippen LogP contribution in [0.25, 0.3) is 10.2 Å². The van der Waals surface area contributed by atoms with Gasteiger partial charge in [0.15, 0.2) is 0 Å². The quantitative estimate of drug-likeness (QED) is 0.703. The van der Waals surface area contributed by atoms with Crippen LogP contribution >= 0.6 is 23.1 Å². The number of aromatic amines is 1. The Balaban J connectivity index is 2.08. The lowest BCUT2D eigenvalue weighted by Gasteiger charge is -2.12. The fourth-order valence-electron chi connectivity index (χ4n) is 2.03. The number of alkyl halides is 3. The van der Waals surface area contributed by atoms with Gasteiger partial charge in [0.05, 0.1) is 20.7 Å². The van der Waals surface area contributed by atoms with E-state index in [4.69, 9.17) is 10.5 Å². The molecular formula is C14H9F3N2O2S2. The number of benzene rings is 1. The Morgan fingerprint density at radius 2 is 2.00 bits per heavy atom. The summed E-state index contributed by atoms with van der Waals surface area (Å²) in [6, 6.07) is 6.97. The first kappa shape index (κ1) is 15.8. The third kappa shape index (κ3) is 3.15. The van der Waals surface area contributed by atoms with E-state index in [0.717, 1.165) is 17.8 Å². The zero-order valence-electron chi connectivity index (χ0n) is 11.3. The average Bonchev–Trinajstić information content (AvgIpc) is 3.01. The summed E-state index contributed by atoms with van der Waals surface area (Å²) in [4.78, 5) is 14.2. The summed E-state index contributed by atoms with van der Waals surface area (Å²) in [6.07, 6.45) is -5.51. The molecule has 3 rings (SSSR count). The number of nitrogens with one attached hydrogen (secondary N) is 1. The summed E-state index contributed by atoms with van der Waals surface area (Å²) in [5, 5.41) is 1.79. The Labute approximate surface area is 136 Å². The number of hydrogen-bond donors (Lipinski definition) is 2. The highest BCUT2D eigenvalue weighted by Crippen LogP contribution is 2.46. The molecule has 0 unspecified atom stereocenters. The molecule has 4 nitrogen and oxygen atoms in total. The Morgan fingerprint density at radius 1 is 1.26 bits per heavy atom. The Bertz CT molecular complexity index is 870. The van der Waals surface area contributed by atoms with Crippen molar-refractivity contribution < 1.29 is 22.7 Å². The number of primary amides is 1. The number of carbonyl (C=O) groups excluding carboxylic acids is 1. The van der Waals surface area contributed by atoms with Gasteiger partial charge in [-0.15, -0.1) is 11.3 Å². The number of fused-ring (bicyclic) bond motifs is 1. The van der Waals surface area contributed by atoms with Crippen molar-refractivity contribution in [1.29, 1.82) is 0 Å². The predicted octanol–water partition coefficient (Wildman–Crippen LogP) is 4.86. The SMILES string of the molecule is NC(=O)Oc1[nH]c2ccsc2c1Sc1ccccc1C(F)(F)F. The number of hydrogen-bond acceptors (Lipinski definition) is 4. The monoisotopic (exact) mass is 358 g/mol. The molecular weight excluding hydrogens is 349 g/mol. The topological polar surface area (TPSA) is 68.1 Å². The molecule has 1 aromatic carbocycles. The molecule has 0 aliphatic rings. The molecule has 3 aromatic rings. The van der Waals surface area contributed by atoms with Gasteiger partial charge >= 0.3 is 12.3 Å². The van der Waals surface area contributed by atoms with Gasteiger partial charge in [-0.3, -0.25) is 0 Å². The van der Waals surface area contributed by atoms with Crippen LogP contribution in [0.1, 0.15) is 5.56 Å². The highest BCUT2D eigenvalue weighted by atomic mass is 32.2. The molecule has 3 N–H and O–H groups in total. The van der Waals surface area contributed by atoms with E-state index in [2.05, 4.69) is 4.98 Å². The molecule has 2 heterocycles. The van der Waals surface area contributed by atoms with Crippen molar-refractivity contribution in [2.24, 2.45) is 5.73 Å². The fourth-order valence-corrected chi connectivity index (χ4v) is 4.13. The molecule has 0 fully saturated rings. The molecule has 2 aromatic heterocycles. The van der Waals surface area contributed by atoms with Crippen LogP contribution in [0, 0.1) is 0 Å². The molecule has 1 amide bonds. The van der Waals surface area contributed by atoms with Crippen LogP contribution in [0.3, 0.4) is 0 Å². The van der Waals surface area contributed by atoms with E-state index in [9.17, 15) is 18.0 Å². The molecule has 0 radical (unpaired) electrons. The van der Waals surface area contributed by atoms with Gasteiger partial charge in [0, 0.05) is 4.90 Å². The Morgan fingerprint density at radius 3 is 2.70 bits per heavy atom. The number of nitrogens with two attached hydrogens (primary N) is 1. The second kappa shape index (κ2) is 5.82. The molecule has 0 atom stereocenters. The highest BCUT2D eigenvalue weighted by molar-refractivity contribution is 7.99. The van der Waals surface area contributed by atoms with Gasteiger partial charge in [-0.05, 0) is 23.6 Å². The number of carbonyl (C=O) groups is 1. The van der Waals surface area contributed by atoms with Crippen molar-refractivity contribution in [2.75, 3.05) is 0 Å². The van der Waals surface area contributed by atoms with Gasteiger partial charge in [0.1, 0.15) is 0 Å². The van der Waals surface area contributed by atoms with E-state index >= 15 is 0 Å². The van der Waals surface area contributed by atoms with Gasteiger partial charge in [0.25, 0.3) is 0 Å². The predicted molar refractivity (Wildman–Crippen MR) is 82.0 cm³/mol. The van der Waals surface area contributed by atoms with Crippen molar-refractivity contribution in [1.82, 2.24) is 4.98 Å². The Kier molecular flexibility index (Phi) is 3.99. The Hall–Kier alpha value is -2.13. The van der Waals surface area contributed by atoms with E-state index < -0.39 is 17.8 Å². The summed E-state index contributed by atoms with van der Waals surface area (Å²) in [5.41, 5.74) is 4.93. The molecule has 0 saturated carbocycles. The standard InChI is InChI=1S/C14H9F3N2O2S2/c15-14(16,17)7-3-1-2-4-9(7)23-11-10-8(5-6-22-10)19-12(11)21-13(18)20/h1-6,19H,(H2,18,20). The zero-order chi connectivity index (χ0) is 16.6. The van der Waals surface area contributed by atoms with Crippen LogP contribution < -0.4 is 10.5 Å². The number of thiophene rings is 1. The highest BCUT2D eigenvalue weighted by Gasteiger charge is 2.34. The minimum atomic E-state index is -4.47. The molecule has 0 spiro atoms. The van der Waals surface area contributed by atoms with Crippen molar-refractivity contribution in [2.45, 2.75) is 16.0 Å². The smallest absolute Gasteiger partial charge is 0.392 e. The minimum absolute atomic E-state index is 0.0172. The number of rotatable bonds is 3. The maximum absolute atomic E-state index is 13.1. The first-order valence-corrected chi connectivity index (χ1v) is 7.96. The van der Waals surface area contributed by atoms with Crippen LogP contribution in [-0.4, -0.2) is 11.1 Å². The van der Waals surface area contributed by atoms with E-state index in [1.807, 2.05) is 0 Å². The second-order valence-corrected chi connectivity index (χ2v) is 6.43. The van der Waals surface area contributed by atoms with Crippen LogP contribution in [0.4, 0.5) is 18.0 Å². The largest absolute Gasteiger partial charge is 0.417 e. The molecule has 23 heavy (non-hydrogen) atoms. The molecule has 0 bridgehead atoms. The van der Waals surface area contributed by atoms with E-state index in [1.54, 1.807) is 11.4 Å². The van der Waals surface area contributed by atoms with Gasteiger partial charge in [-0.25, -0.2) is 4.79 Å². The number of aromatic nitrogens is 1. The molecule has 0 saturated heterocycles. The fraction of sp³-hybridized carbons (Fsp3) is 0.0714. The number of amides is 1. The van der Waals surface area contributed by atoms with Gasteiger partial charge in [-0.2, -0.15) is 13.2 Å². The maximum atomic E-state index is 13.1. The van der Waals surface area contributed by atoms with Crippen molar-refractivity contribution in [3.63, 3.8) is 0 Å². The van der Waals surface area contributed by atoms with Crippen LogP contribution in [0.2, 0.25) is 0 Å². The summed E-state index contributed by atoms with van der Waals surface area (Å²) >= 11 is 2.21. The zero-order valence-corrected chi connectivity index (χ0v) is 12.9. The minimum Gasteiger partial charge on any atom is -0.392 e. The molecule has 120 valence electrons. The second-order valence-electron chi connectivity index (χ2n) is 4.46. The average molecular weight is 358 g/mol.